The Morgan fingerprint density at radius 2 is 1.81 bits per heavy atom. The molecule has 1 saturated heterocycles. The van der Waals surface area contributed by atoms with E-state index < -0.39 is 0 Å². The first-order valence-corrected chi connectivity index (χ1v) is 5.95. The van der Waals surface area contributed by atoms with Gasteiger partial charge in [-0.1, -0.05) is 12.1 Å². The zero-order valence-corrected chi connectivity index (χ0v) is 9.76. The molecule has 0 saturated carbocycles. The Labute approximate surface area is 96.9 Å². The van der Waals surface area contributed by atoms with Gasteiger partial charge in [-0.2, -0.15) is 0 Å². The van der Waals surface area contributed by atoms with Crippen molar-refractivity contribution in [2.75, 3.05) is 13.1 Å². The van der Waals surface area contributed by atoms with Gasteiger partial charge in [-0.15, -0.1) is 0 Å². The molecule has 3 nitrogen and oxygen atoms in total. The van der Waals surface area contributed by atoms with Crippen molar-refractivity contribution in [2.45, 2.75) is 31.8 Å². The van der Waals surface area contributed by atoms with E-state index >= 15 is 0 Å². The lowest BCUT2D eigenvalue weighted by molar-refractivity contribution is 0.163. The Bertz CT molecular complexity index is 328. The first kappa shape index (κ1) is 11.4. The predicted molar refractivity (Wildman–Crippen MR) is 65.3 cm³/mol. The maximum Gasteiger partial charge on any atom is 0.115 e. The van der Waals surface area contributed by atoms with Crippen molar-refractivity contribution in [1.29, 1.82) is 0 Å². The molecule has 1 aromatic rings. The van der Waals surface area contributed by atoms with E-state index in [1.54, 1.807) is 12.1 Å². The Hall–Kier alpha value is -1.06. The molecule has 2 rings (SSSR count). The topological polar surface area (TPSA) is 49.5 Å². The van der Waals surface area contributed by atoms with Gasteiger partial charge in [0.05, 0.1) is 0 Å². The van der Waals surface area contributed by atoms with Gasteiger partial charge in [0.15, 0.2) is 0 Å². The predicted octanol–water partition coefficient (Wildman–Crippen LogP) is 1.88. The summed E-state index contributed by atoms with van der Waals surface area (Å²) in [5.74, 6) is 0.330. The molecule has 1 fully saturated rings. The molecule has 1 aromatic carbocycles. The van der Waals surface area contributed by atoms with Crippen LogP contribution in [0.15, 0.2) is 24.3 Å². The highest BCUT2D eigenvalue weighted by Gasteiger charge is 2.21. The van der Waals surface area contributed by atoms with E-state index in [0.717, 1.165) is 25.9 Å². The van der Waals surface area contributed by atoms with E-state index in [1.165, 1.54) is 5.56 Å². The van der Waals surface area contributed by atoms with Crippen molar-refractivity contribution in [3.8, 4) is 5.75 Å². The van der Waals surface area contributed by atoms with Crippen LogP contribution in [-0.2, 0) is 0 Å². The zero-order chi connectivity index (χ0) is 11.5. The first-order valence-electron chi connectivity index (χ1n) is 5.95. The van der Waals surface area contributed by atoms with Gasteiger partial charge < -0.3 is 10.8 Å². The molecular formula is C13H20N2O. The molecule has 3 N–H and O–H groups in total. The quantitative estimate of drug-likeness (QED) is 0.800. The van der Waals surface area contributed by atoms with E-state index in [1.807, 2.05) is 12.1 Å². The molecule has 3 heteroatoms. The Kier molecular flexibility index (Phi) is 3.46. The SMILES string of the molecule is CC(c1ccc(O)cc1)N1CCC(N)CC1. The molecule has 1 atom stereocenters. The minimum atomic E-state index is 0.330. The van der Waals surface area contributed by atoms with Crippen LogP contribution in [0, 0.1) is 0 Å². The van der Waals surface area contributed by atoms with Crippen LogP contribution in [0.2, 0.25) is 0 Å². The molecule has 0 radical (unpaired) electrons. The average Bonchev–Trinajstić information content (AvgIpc) is 2.30. The second kappa shape index (κ2) is 4.85. The summed E-state index contributed by atoms with van der Waals surface area (Å²) in [6.07, 6.45) is 2.17. The highest BCUT2D eigenvalue weighted by atomic mass is 16.3. The van der Waals surface area contributed by atoms with Gasteiger partial charge in [0, 0.05) is 25.2 Å². The smallest absolute Gasteiger partial charge is 0.115 e. The molecule has 88 valence electrons. The van der Waals surface area contributed by atoms with Crippen LogP contribution in [0.5, 0.6) is 5.75 Å². The van der Waals surface area contributed by atoms with E-state index in [4.69, 9.17) is 5.73 Å². The Balaban J connectivity index is 2.01. The number of likely N-dealkylation sites (tertiary alicyclic amines) is 1. The van der Waals surface area contributed by atoms with Crippen LogP contribution in [-0.4, -0.2) is 29.1 Å². The third-order valence-electron chi connectivity index (χ3n) is 3.50. The molecular weight excluding hydrogens is 200 g/mol. The van der Waals surface area contributed by atoms with E-state index in [0.29, 0.717) is 17.8 Å². The lowest BCUT2D eigenvalue weighted by atomic mass is 10.0. The molecule has 0 aliphatic carbocycles. The first-order chi connectivity index (χ1) is 7.66. The number of nitrogens with two attached hydrogens (primary N) is 1. The molecule has 0 bridgehead atoms. The lowest BCUT2D eigenvalue weighted by Crippen LogP contribution is -2.40. The third-order valence-corrected chi connectivity index (χ3v) is 3.50. The third kappa shape index (κ3) is 2.54. The van der Waals surface area contributed by atoms with Crippen molar-refractivity contribution >= 4 is 0 Å². The maximum absolute atomic E-state index is 9.25. The number of piperidine rings is 1. The Morgan fingerprint density at radius 3 is 2.38 bits per heavy atom. The van der Waals surface area contributed by atoms with Crippen molar-refractivity contribution < 1.29 is 5.11 Å². The average molecular weight is 220 g/mol. The molecule has 1 aliphatic heterocycles. The highest BCUT2D eigenvalue weighted by Crippen LogP contribution is 2.24. The van der Waals surface area contributed by atoms with Gasteiger partial charge in [-0.3, -0.25) is 4.90 Å². The highest BCUT2D eigenvalue weighted by molar-refractivity contribution is 5.27. The number of benzene rings is 1. The van der Waals surface area contributed by atoms with Crippen molar-refractivity contribution in [2.24, 2.45) is 5.73 Å². The summed E-state index contributed by atoms with van der Waals surface area (Å²) in [6.45, 7) is 4.36. The second-order valence-corrected chi connectivity index (χ2v) is 4.64. The van der Waals surface area contributed by atoms with Gasteiger partial charge >= 0.3 is 0 Å². The van der Waals surface area contributed by atoms with Crippen molar-refractivity contribution in [3.63, 3.8) is 0 Å². The van der Waals surface area contributed by atoms with Crippen LogP contribution in [0.25, 0.3) is 0 Å². The van der Waals surface area contributed by atoms with Gasteiger partial charge in [0.2, 0.25) is 0 Å². The number of hydrogen-bond acceptors (Lipinski definition) is 3. The fourth-order valence-corrected chi connectivity index (χ4v) is 2.27. The number of hydrogen-bond donors (Lipinski definition) is 2. The number of nitrogens with zero attached hydrogens (tertiary/aromatic N) is 1. The van der Waals surface area contributed by atoms with E-state index in [2.05, 4.69) is 11.8 Å². The summed E-state index contributed by atoms with van der Waals surface area (Å²) in [4.78, 5) is 2.45. The van der Waals surface area contributed by atoms with Crippen LogP contribution >= 0.6 is 0 Å². The van der Waals surface area contributed by atoms with Gasteiger partial charge in [0.1, 0.15) is 5.75 Å². The monoisotopic (exact) mass is 220 g/mol. The number of rotatable bonds is 2. The van der Waals surface area contributed by atoms with Crippen LogP contribution in [0.3, 0.4) is 0 Å². The van der Waals surface area contributed by atoms with Crippen LogP contribution in [0.4, 0.5) is 0 Å². The molecule has 0 aromatic heterocycles. The van der Waals surface area contributed by atoms with Gasteiger partial charge in [-0.05, 0) is 37.5 Å². The standard InChI is InChI=1S/C13H20N2O/c1-10(11-2-4-13(16)5-3-11)15-8-6-12(14)7-9-15/h2-5,10,12,16H,6-9,14H2,1H3. The van der Waals surface area contributed by atoms with Crippen molar-refractivity contribution in [1.82, 2.24) is 4.90 Å². The molecule has 16 heavy (non-hydrogen) atoms. The number of aromatic hydroxyl groups is 1. The summed E-state index contributed by atoms with van der Waals surface area (Å²) in [7, 11) is 0. The minimum absolute atomic E-state index is 0.330. The largest absolute Gasteiger partial charge is 0.508 e. The summed E-state index contributed by atoms with van der Waals surface area (Å²) in [5.41, 5.74) is 7.15. The number of phenols is 1. The van der Waals surface area contributed by atoms with Crippen LogP contribution < -0.4 is 5.73 Å². The summed E-state index contributed by atoms with van der Waals surface area (Å²) < 4.78 is 0. The second-order valence-electron chi connectivity index (χ2n) is 4.64. The van der Waals surface area contributed by atoms with Gasteiger partial charge in [0.25, 0.3) is 0 Å². The molecule has 1 heterocycles. The summed E-state index contributed by atoms with van der Waals surface area (Å²) in [5, 5.41) is 9.25. The molecule has 1 aliphatic rings. The minimum Gasteiger partial charge on any atom is -0.508 e. The van der Waals surface area contributed by atoms with Crippen LogP contribution in [0.1, 0.15) is 31.4 Å². The van der Waals surface area contributed by atoms with Crippen molar-refractivity contribution in [3.05, 3.63) is 29.8 Å². The Morgan fingerprint density at radius 1 is 1.25 bits per heavy atom. The fraction of sp³-hybridized carbons (Fsp3) is 0.538. The maximum atomic E-state index is 9.25. The molecule has 0 spiro atoms. The van der Waals surface area contributed by atoms with Gasteiger partial charge in [-0.25, -0.2) is 0 Å². The lowest BCUT2D eigenvalue weighted by Gasteiger charge is -2.35. The zero-order valence-electron chi connectivity index (χ0n) is 9.76. The number of phenolic OH excluding ortho intramolecular Hbond substituents is 1. The normalized spacial score (nSPS) is 20.9. The fourth-order valence-electron chi connectivity index (χ4n) is 2.27. The van der Waals surface area contributed by atoms with E-state index in [9.17, 15) is 5.11 Å². The summed E-state index contributed by atoms with van der Waals surface area (Å²) >= 11 is 0. The molecule has 0 amide bonds. The molecule has 1 unspecified atom stereocenters. The summed E-state index contributed by atoms with van der Waals surface area (Å²) in [6, 6.07) is 8.28. The van der Waals surface area contributed by atoms with E-state index in [-0.39, 0.29) is 0 Å².